The number of H-pyrrole nitrogens is 1. The largest absolute Gasteiger partial charge is 0.393 e. The van der Waals surface area contributed by atoms with E-state index in [1.807, 2.05) is 0 Å². The van der Waals surface area contributed by atoms with Crippen LogP contribution in [-0.4, -0.2) is 38.8 Å². The number of amides is 1. The molecule has 0 unspecified atom stereocenters. The van der Waals surface area contributed by atoms with E-state index in [1.54, 1.807) is 0 Å². The number of carbonyl (C=O) groups excluding carboxylic acids is 1. The zero-order chi connectivity index (χ0) is 16.4. The van der Waals surface area contributed by atoms with E-state index in [0.29, 0.717) is 18.7 Å². The molecular formula is C15H16F2N4O2. The first-order valence-electron chi connectivity index (χ1n) is 7.31. The van der Waals surface area contributed by atoms with Gasteiger partial charge in [0.25, 0.3) is 5.91 Å². The molecule has 0 spiro atoms. The van der Waals surface area contributed by atoms with E-state index in [-0.39, 0.29) is 23.9 Å². The van der Waals surface area contributed by atoms with E-state index in [4.69, 9.17) is 0 Å². The number of halogens is 2. The van der Waals surface area contributed by atoms with Gasteiger partial charge < -0.3 is 10.4 Å². The lowest BCUT2D eigenvalue weighted by Gasteiger charge is -2.15. The molecule has 1 aliphatic rings. The predicted molar refractivity (Wildman–Crippen MR) is 76.5 cm³/mol. The van der Waals surface area contributed by atoms with E-state index in [9.17, 15) is 18.7 Å². The summed E-state index contributed by atoms with van der Waals surface area (Å²) in [7, 11) is 0. The van der Waals surface area contributed by atoms with Gasteiger partial charge in [0.1, 0.15) is 23.8 Å². The summed E-state index contributed by atoms with van der Waals surface area (Å²) in [4.78, 5) is 16.0. The number of aromatic amines is 1. The van der Waals surface area contributed by atoms with Gasteiger partial charge in [-0.15, -0.1) is 0 Å². The maximum atomic E-state index is 13.5. The number of nitrogens with zero attached hydrogens (tertiary/aromatic N) is 2. The van der Waals surface area contributed by atoms with Crippen molar-refractivity contribution in [2.24, 2.45) is 5.92 Å². The van der Waals surface area contributed by atoms with Crippen molar-refractivity contribution in [3.8, 4) is 0 Å². The summed E-state index contributed by atoms with van der Waals surface area (Å²) in [6.07, 6.45) is 1.96. The van der Waals surface area contributed by atoms with Crippen molar-refractivity contribution in [1.29, 1.82) is 0 Å². The lowest BCUT2D eigenvalue weighted by atomic mass is 10.0. The second-order valence-corrected chi connectivity index (χ2v) is 5.70. The zero-order valence-corrected chi connectivity index (χ0v) is 12.2. The molecule has 3 N–H and O–H groups in total. The summed E-state index contributed by atoms with van der Waals surface area (Å²) < 4.78 is 26.7. The molecule has 0 radical (unpaired) electrons. The number of nitrogens with one attached hydrogen (secondary N) is 2. The van der Waals surface area contributed by atoms with E-state index in [2.05, 4.69) is 20.5 Å². The first kappa shape index (κ1) is 15.5. The fourth-order valence-corrected chi connectivity index (χ4v) is 2.95. The quantitative estimate of drug-likeness (QED) is 0.793. The fraction of sp³-hybridized carbons (Fsp3) is 0.400. The maximum absolute atomic E-state index is 13.5. The molecule has 23 heavy (non-hydrogen) atoms. The molecule has 1 aliphatic carbocycles. The lowest BCUT2D eigenvalue weighted by Crippen LogP contribution is -2.33. The predicted octanol–water partition coefficient (Wildman–Crippen LogP) is 1.37. The van der Waals surface area contributed by atoms with Crippen molar-refractivity contribution < 1.29 is 18.7 Å². The first-order valence-corrected chi connectivity index (χ1v) is 7.31. The van der Waals surface area contributed by atoms with Gasteiger partial charge in [-0.3, -0.25) is 9.89 Å². The number of aliphatic hydroxyl groups is 1. The molecule has 8 heteroatoms. The van der Waals surface area contributed by atoms with Crippen LogP contribution in [0.25, 0.3) is 0 Å². The van der Waals surface area contributed by atoms with Crippen LogP contribution < -0.4 is 5.32 Å². The van der Waals surface area contributed by atoms with Crippen LogP contribution >= 0.6 is 0 Å². The van der Waals surface area contributed by atoms with Gasteiger partial charge in [-0.2, -0.15) is 5.10 Å². The van der Waals surface area contributed by atoms with E-state index >= 15 is 0 Å². The van der Waals surface area contributed by atoms with Crippen molar-refractivity contribution >= 4 is 5.91 Å². The number of aliphatic hydroxyl groups excluding tert-OH is 1. The Kier molecular flexibility index (Phi) is 4.33. The number of rotatable bonds is 4. The third-order valence-electron chi connectivity index (χ3n) is 4.18. The normalized spacial score (nSPS) is 23.9. The smallest absolute Gasteiger partial charge is 0.254 e. The molecule has 0 aliphatic heterocycles. The van der Waals surface area contributed by atoms with Gasteiger partial charge in [-0.25, -0.2) is 13.8 Å². The minimum atomic E-state index is -0.782. The molecular weight excluding hydrogens is 306 g/mol. The number of carbonyl (C=O) groups is 1. The van der Waals surface area contributed by atoms with Gasteiger partial charge in [0, 0.05) is 18.4 Å². The molecule has 1 saturated carbocycles. The Bertz CT molecular complexity index is 693. The summed E-state index contributed by atoms with van der Waals surface area (Å²) in [5, 5.41) is 19.2. The molecule has 0 saturated heterocycles. The van der Waals surface area contributed by atoms with Crippen LogP contribution in [0.2, 0.25) is 0 Å². The Labute approximate surface area is 130 Å². The summed E-state index contributed by atoms with van der Waals surface area (Å²) >= 11 is 0. The lowest BCUT2D eigenvalue weighted by molar-refractivity contribution is 0.0912. The second kappa shape index (κ2) is 6.41. The van der Waals surface area contributed by atoms with Gasteiger partial charge >= 0.3 is 0 Å². The molecule has 1 aromatic carbocycles. The summed E-state index contributed by atoms with van der Waals surface area (Å²) in [5.41, 5.74) is -0.343. The van der Waals surface area contributed by atoms with Gasteiger partial charge in [0.2, 0.25) is 0 Å². The van der Waals surface area contributed by atoms with Crippen LogP contribution in [-0.2, 0) is 0 Å². The topological polar surface area (TPSA) is 90.9 Å². The SMILES string of the molecule is O=C(NC[C@@H]1C[C@@H](c2ncn[nH]2)C[C@@H]1O)c1cc(F)ccc1F. The van der Waals surface area contributed by atoms with Gasteiger partial charge in [-0.1, -0.05) is 0 Å². The number of aromatic nitrogens is 3. The summed E-state index contributed by atoms with van der Waals surface area (Å²) in [6.45, 7) is 0.181. The van der Waals surface area contributed by atoms with Crippen LogP contribution in [0.4, 0.5) is 8.78 Å². The molecule has 1 aromatic heterocycles. The maximum Gasteiger partial charge on any atom is 0.254 e. The third kappa shape index (κ3) is 3.37. The van der Waals surface area contributed by atoms with E-state index < -0.39 is 23.6 Å². The van der Waals surface area contributed by atoms with Crippen molar-refractivity contribution in [1.82, 2.24) is 20.5 Å². The summed E-state index contributed by atoms with van der Waals surface area (Å²) in [6, 6.07) is 2.72. The van der Waals surface area contributed by atoms with E-state index in [0.717, 1.165) is 18.2 Å². The number of hydrogen-bond acceptors (Lipinski definition) is 4. The molecule has 1 fully saturated rings. The van der Waals surface area contributed by atoms with Gasteiger partial charge in [-0.05, 0) is 31.0 Å². The second-order valence-electron chi connectivity index (χ2n) is 5.70. The molecule has 2 aromatic rings. The average Bonchev–Trinajstić information content (AvgIpc) is 3.17. The van der Waals surface area contributed by atoms with Crippen LogP contribution in [0.5, 0.6) is 0 Å². The van der Waals surface area contributed by atoms with Crippen LogP contribution in [0, 0.1) is 17.6 Å². The van der Waals surface area contributed by atoms with Crippen molar-refractivity contribution in [3.63, 3.8) is 0 Å². The zero-order valence-electron chi connectivity index (χ0n) is 12.2. The van der Waals surface area contributed by atoms with Crippen molar-refractivity contribution in [2.75, 3.05) is 6.54 Å². The molecule has 3 atom stereocenters. The van der Waals surface area contributed by atoms with Crippen LogP contribution in [0.15, 0.2) is 24.5 Å². The Morgan fingerprint density at radius 2 is 2.22 bits per heavy atom. The Balaban J connectivity index is 1.60. The minimum Gasteiger partial charge on any atom is -0.393 e. The average molecular weight is 322 g/mol. The highest BCUT2D eigenvalue weighted by atomic mass is 19.1. The molecule has 0 bridgehead atoms. The van der Waals surface area contributed by atoms with Gasteiger partial charge in [0.05, 0.1) is 11.7 Å². The first-order chi connectivity index (χ1) is 11.0. The number of hydrogen-bond donors (Lipinski definition) is 3. The molecule has 6 nitrogen and oxygen atoms in total. The fourth-order valence-electron chi connectivity index (χ4n) is 2.95. The standard InChI is InChI=1S/C15H16F2N4O2/c16-10-1-2-12(17)11(5-10)15(23)18-6-9-3-8(4-13(9)22)14-19-7-20-21-14/h1-2,5,7-9,13,22H,3-4,6H2,(H,18,23)(H,19,20,21)/t8-,9+,13+/m1/s1. The molecule has 3 rings (SSSR count). The molecule has 122 valence electrons. The molecule has 1 amide bonds. The molecule has 1 heterocycles. The highest BCUT2D eigenvalue weighted by Crippen LogP contribution is 2.36. The van der Waals surface area contributed by atoms with Crippen LogP contribution in [0.3, 0.4) is 0 Å². The van der Waals surface area contributed by atoms with Crippen molar-refractivity contribution in [2.45, 2.75) is 24.9 Å². The Morgan fingerprint density at radius 1 is 1.39 bits per heavy atom. The van der Waals surface area contributed by atoms with E-state index in [1.165, 1.54) is 6.33 Å². The highest BCUT2D eigenvalue weighted by Gasteiger charge is 2.35. The van der Waals surface area contributed by atoms with Crippen LogP contribution in [0.1, 0.15) is 34.9 Å². The number of benzene rings is 1. The van der Waals surface area contributed by atoms with Gasteiger partial charge in [0.15, 0.2) is 0 Å². The monoisotopic (exact) mass is 322 g/mol. The Hall–Kier alpha value is -2.35. The third-order valence-corrected chi connectivity index (χ3v) is 4.18. The Morgan fingerprint density at radius 3 is 2.96 bits per heavy atom. The minimum absolute atomic E-state index is 0.0420. The highest BCUT2D eigenvalue weighted by molar-refractivity contribution is 5.94. The summed E-state index contributed by atoms with van der Waals surface area (Å²) in [5.74, 6) is -1.59. The van der Waals surface area contributed by atoms with Crippen molar-refractivity contribution in [3.05, 3.63) is 47.5 Å².